The average molecular weight is 475 g/mol. The Labute approximate surface area is 160 Å². The number of nitrogens with one attached hydrogen (secondary N) is 1. The third-order valence-corrected chi connectivity index (χ3v) is 5.53. The highest BCUT2D eigenvalue weighted by Crippen LogP contribution is 2.23. The molecule has 7 nitrogen and oxygen atoms in total. The molecule has 0 bridgehead atoms. The molecule has 0 unspecified atom stereocenters. The van der Waals surface area contributed by atoms with Crippen LogP contribution in [-0.4, -0.2) is 36.0 Å². The Hall–Kier alpha value is -1.73. The van der Waals surface area contributed by atoms with Crippen LogP contribution in [0.1, 0.15) is 25.7 Å². The Bertz CT molecular complexity index is 918. The molecule has 27 heavy (non-hydrogen) atoms. The molecule has 0 fully saturated rings. The highest BCUT2D eigenvalue weighted by atomic mass is 79.9. The van der Waals surface area contributed by atoms with Crippen molar-refractivity contribution in [1.29, 1.82) is 0 Å². The quantitative estimate of drug-likeness (QED) is 0.622. The maximum atomic E-state index is 13.6. The summed E-state index contributed by atoms with van der Waals surface area (Å²) in [5.74, 6) is -0.707. The Morgan fingerprint density at radius 3 is 2.56 bits per heavy atom. The standard InChI is InChI=1S/C14H15BrF4N4O3S/c1-3-23-12(20-21-13(23)26-7-14(17,18)19)8(2)22-27(24,25)9-4-5-10(15)11(16)6-9/h4-6,8,22H,3,7H2,1-2H3/t8-/m1/s1. The fraction of sp³-hybridized carbons (Fsp3) is 0.429. The minimum atomic E-state index is -4.55. The van der Waals surface area contributed by atoms with Gasteiger partial charge >= 0.3 is 12.2 Å². The number of sulfonamides is 1. The van der Waals surface area contributed by atoms with Gasteiger partial charge < -0.3 is 4.74 Å². The second kappa shape index (κ2) is 8.10. The first-order chi connectivity index (χ1) is 12.4. The first-order valence-corrected chi connectivity index (χ1v) is 9.82. The Morgan fingerprint density at radius 1 is 1.33 bits per heavy atom. The molecule has 1 heterocycles. The molecule has 0 saturated carbocycles. The van der Waals surface area contributed by atoms with Crippen molar-refractivity contribution in [2.75, 3.05) is 6.61 Å². The van der Waals surface area contributed by atoms with E-state index in [0.717, 1.165) is 6.07 Å². The van der Waals surface area contributed by atoms with Crippen LogP contribution in [0.5, 0.6) is 6.01 Å². The number of benzene rings is 1. The van der Waals surface area contributed by atoms with E-state index in [4.69, 9.17) is 0 Å². The molecule has 0 aliphatic carbocycles. The van der Waals surface area contributed by atoms with E-state index >= 15 is 0 Å². The number of hydrogen-bond donors (Lipinski definition) is 1. The number of ether oxygens (including phenoxy) is 1. The number of nitrogens with zero attached hydrogens (tertiary/aromatic N) is 3. The zero-order chi connectivity index (χ0) is 20.4. The zero-order valence-electron chi connectivity index (χ0n) is 14.1. The molecule has 13 heteroatoms. The lowest BCUT2D eigenvalue weighted by Crippen LogP contribution is -2.29. The summed E-state index contributed by atoms with van der Waals surface area (Å²) in [6.45, 7) is 1.63. The minimum Gasteiger partial charge on any atom is -0.454 e. The van der Waals surface area contributed by atoms with Gasteiger partial charge in [-0.25, -0.2) is 17.5 Å². The predicted octanol–water partition coefficient (Wildman–Crippen LogP) is 3.18. The number of alkyl halides is 3. The Kier molecular flexibility index (Phi) is 6.47. The second-order valence-electron chi connectivity index (χ2n) is 5.41. The summed E-state index contributed by atoms with van der Waals surface area (Å²) in [7, 11) is -4.11. The minimum absolute atomic E-state index is 0.0517. The van der Waals surface area contributed by atoms with Crippen molar-refractivity contribution in [3.63, 3.8) is 0 Å². The monoisotopic (exact) mass is 474 g/mol. The molecule has 0 radical (unpaired) electrons. The van der Waals surface area contributed by atoms with Crippen molar-refractivity contribution in [3.8, 4) is 6.01 Å². The molecule has 1 atom stereocenters. The van der Waals surface area contributed by atoms with Crippen molar-refractivity contribution >= 4 is 26.0 Å². The van der Waals surface area contributed by atoms with Gasteiger partial charge in [-0.05, 0) is 48.0 Å². The second-order valence-corrected chi connectivity index (χ2v) is 7.98. The van der Waals surface area contributed by atoms with Gasteiger partial charge in [0.25, 0.3) is 0 Å². The van der Waals surface area contributed by atoms with Crippen LogP contribution in [0, 0.1) is 5.82 Å². The van der Waals surface area contributed by atoms with Gasteiger partial charge in [0.15, 0.2) is 12.4 Å². The van der Waals surface area contributed by atoms with Gasteiger partial charge in [-0.15, -0.1) is 5.10 Å². The Balaban J connectivity index is 2.23. The normalized spacial score (nSPS) is 13.6. The van der Waals surface area contributed by atoms with Gasteiger partial charge in [0.1, 0.15) is 5.82 Å². The summed E-state index contributed by atoms with van der Waals surface area (Å²) < 4.78 is 83.5. The van der Waals surface area contributed by atoms with Crippen LogP contribution in [0.4, 0.5) is 17.6 Å². The van der Waals surface area contributed by atoms with E-state index in [9.17, 15) is 26.0 Å². The number of aromatic nitrogens is 3. The molecule has 0 amide bonds. The molecule has 0 aliphatic rings. The summed E-state index contributed by atoms with van der Waals surface area (Å²) >= 11 is 2.93. The molecular weight excluding hydrogens is 460 g/mol. The molecule has 1 aromatic carbocycles. The van der Waals surface area contributed by atoms with Crippen molar-refractivity contribution in [3.05, 3.63) is 34.3 Å². The molecular formula is C14H15BrF4N4O3S. The number of halogens is 5. The zero-order valence-corrected chi connectivity index (χ0v) is 16.5. The maximum Gasteiger partial charge on any atom is 0.422 e. The average Bonchev–Trinajstić information content (AvgIpc) is 2.97. The predicted molar refractivity (Wildman–Crippen MR) is 90.1 cm³/mol. The fourth-order valence-corrected chi connectivity index (χ4v) is 3.63. The van der Waals surface area contributed by atoms with E-state index in [2.05, 4.69) is 35.6 Å². The lowest BCUT2D eigenvalue weighted by atomic mass is 10.3. The van der Waals surface area contributed by atoms with E-state index in [-0.39, 0.29) is 27.7 Å². The highest BCUT2D eigenvalue weighted by Gasteiger charge is 2.30. The summed E-state index contributed by atoms with van der Waals surface area (Å²) in [6.07, 6.45) is -4.55. The van der Waals surface area contributed by atoms with Crippen LogP contribution < -0.4 is 9.46 Å². The number of hydrogen-bond acceptors (Lipinski definition) is 5. The van der Waals surface area contributed by atoms with Gasteiger partial charge in [-0.1, -0.05) is 5.10 Å². The van der Waals surface area contributed by atoms with Crippen molar-refractivity contribution in [1.82, 2.24) is 19.5 Å². The molecule has 2 rings (SSSR count). The molecule has 0 spiro atoms. The van der Waals surface area contributed by atoms with Gasteiger partial charge in [-0.3, -0.25) is 4.57 Å². The van der Waals surface area contributed by atoms with E-state index in [0.29, 0.717) is 0 Å². The number of rotatable bonds is 7. The van der Waals surface area contributed by atoms with Gasteiger partial charge in [0.05, 0.1) is 15.4 Å². The highest BCUT2D eigenvalue weighted by molar-refractivity contribution is 9.10. The summed E-state index contributed by atoms with van der Waals surface area (Å²) in [5, 5.41) is 7.24. The molecule has 1 N–H and O–H groups in total. The maximum absolute atomic E-state index is 13.6. The van der Waals surface area contributed by atoms with Crippen molar-refractivity contribution < 1.29 is 30.7 Å². The first kappa shape index (κ1) is 21.6. The summed E-state index contributed by atoms with van der Waals surface area (Å²) in [6, 6.07) is 1.93. The third kappa shape index (κ3) is 5.39. The topological polar surface area (TPSA) is 86.1 Å². The smallest absolute Gasteiger partial charge is 0.422 e. The molecule has 0 aliphatic heterocycles. The van der Waals surface area contributed by atoms with Crippen LogP contribution in [-0.2, 0) is 16.6 Å². The lowest BCUT2D eigenvalue weighted by molar-refractivity contribution is -0.155. The van der Waals surface area contributed by atoms with Gasteiger partial charge in [0.2, 0.25) is 10.0 Å². The first-order valence-electron chi connectivity index (χ1n) is 7.54. The van der Waals surface area contributed by atoms with Gasteiger partial charge in [-0.2, -0.15) is 13.2 Å². The van der Waals surface area contributed by atoms with Crippen LogP contribution in [0.2, 0.25) is 0 Å². The van der Waals surface area contributed by atoms with Crippen LogP contribution in [0.25, 0.3) is 0 Å². The molecule has 0 saturated heterocycles. The molecule has 1 aromatic heterocycles. The Morgan fingerprint density at radius 2 is 2.00 bits per heavy atom. The van der Waals surface area contributed by atoms with E-state index in [1.165, 1.54) is 23.6 Å². The summed E-state index contributed by atoms with van der Waals surface area (Å²) in [5.41, 5.74) is 0. The SMILES string of the molecule is CCn1c(OCC(F)(F)F)nnc1[C@@H](C)NS(=O)(=O)c1ccc(Br)c(F)c1. The fourth-order valence-electron chi connectivity index (χ4n) is 2.17. The van der Waals surface area contributed by atoms with Crippen molar-refractivity contribution in [2.24, 2.45) is 0 Å². The van der Waals surface area contributed by atoms with Crippen molar-refractivity contribution in [2.45, 2.75) is 37.5 Å². The third-order valence-electron chi connectivity index (χ3n) is 3.35. The van der Waals surface area contributed by atoms with Crippen LogP contribution in [0.3, 0.4) is 0 Å². The summed E-state index contributed by atoms with van der Waals surface area (Å²) in [4.78, 5) is -0.314. The molecule has 150 valence electrons. The lowest BCUT2D eigenvalue weighted by Gasteiger charge is -2.16. The van der Waals surface area contributed by atoms with E-state index in [1.54, 1.807) is 6.92 Å². The van der Waals surface area contributed by atoms with Crippen LogP contribution >= 0.6 is 15.9 Å². The van der Waals surface area contributed by atoms with Crippen LogP contribution in [0.15, 0.2) is 27.6 Å². The molecule has 2 aromatic rings. The van der Waals surface area contributed by atoms with Gasteiger partial charge in [0, 0.05) is 6.54 Å². The van der Waals surface area contributed by atoms with E-state index in [1.807, 2.05) is 0 Å². The largest absolute Gasteiger partial charge is 0.454 e. The van der Waals surface area contributed by atoms with E-state index < -0.39 is 34.7 Å².